The van der Waals surface area contributed by atoms with Crippen molar-refractivity contribution in [1.82, 2.24) is 19.6 Å². The molecule has 3 aromatic rings. The predicted octanol–water partition coefficient (Wildman–Crippen LogP) is 1.51. The molecule has 0 atom stereocenters. The summed E-state index contributed by atoms with van der Waals surface area (Å²) in [6.45, 7) is 0. The lowest BCUT2D eigenvalue weighted by Gasteiger charge is -1.95. The molecule has 2 heterocycles. The van der Waals surface area contributed by atoms with E-state index < -0.39 is 0 Å². The SMILES string of the molecule is CSc1nn2cc(-c3ccc(O)cc3)nc2c(=O)[nH]1. The van der Waals surface area contributed by atoms with Crippen molar-refractivity contribution < 1.29 is 5.11 Å². The summed E-state index contributed by atoms with van der Waals surface area (Å²) < 4.78 is 1.47. The zero-order chi connectivity index (χ0) is 13.4. The van der Waals surface area contributed by atoms with Gasteiger partial charge >= 0.3 is 0 Å². The van der Waals surface area contributed by atoms with Crippen LogP contribution in [0.3, 0.4) is 0 Å². The van der Waals surface area contributed by atoms with Gasteiger partial charge in [-0.25, -0.2) is 9.50 Å². The first kappa shape index (κ1) is 11.8. The van der Waals surface area contributed by atoms with Gasteiger partial charge in [0.05, 0.1) is 11.9 Å². The van der Waals surface area contributed by atoms with Crippen molar-refractivity contribution >= 4 is 17.4 Å². The van der Waals surface area contributed by atoms with Crippen LogP contribution in [0, 0.1) is 0 Å². The summed E-state index contributed by atoms with van der Waals surface area (Å²) >= 11 is 1.36. The molecule has 0 aliphatic carbocycles. The molecule has 0 radical (unpaired) electrons. The number of rotatable bonds is 2. The fraction of sp³-hybridized carbons (Fsp3) is 0.0833. The van der Waals surface area contributed by atoms with Gasteiger partial charge in [0.1, 0.15) is 5.75 Å². The quantitative estimate of drug-likeness (QED) is 0.692. The molecule has 0 fully saturated rings. The second-order valence-electron chi connectivity index (χ2n) is 3.90. The number of aromatic hydroxyl groups is 1. The third kappa shape index (κ3) is 2.08. The number of fused-ring (bicyclic) bond motifs is 1. The summed E-state index contributed by atoms with van der Waals surface area (Å²) in [5.74, 6) is 0.188. The van der Waals surface area contributed by atoms with Crippen molar-refractivity contribution in [2.24, 2.45) is 0 Å². The lowest BCUT2D eigenvalue weighted by Crippen LogP contribution is -2.13. The number of imidazole rings is 1. The summed E-state index contributed by atoms with van der Waals surface area (Å²) in [4.78, 5) is 18.7. The van der Waals surface area contributed by atoms with Crippen molar-refractivity contribution in [2.75, 3.05) is 6.26 Å². The molecule has 96 valence electrons. The van der Waals surface area contributed by atoms with Gasteiger partial charge in [-0.05, 0) is 30.5 Å². The minimum absolute atomic E-state index is 0.188. The van der Waals surface area contributed by atoms with E-state index in [1.54, 1.807) is 30.5 Å². The van der Waals surface area contributed by atoms with Gasteiger partial charge in [0.2, 0.25) is 5.65 Å². The monoisotopic (exact) mass is 274 g/mol. The topological polar surface area (TPSA) is 83.3 Å². The number of aromatic amines is 1. The number of hydrogen-bond donors (Lipinski definition) is 2. The minimum atomic E-state index is -0.274. The average molecular weight is 274 g/mol. The van der Waals surface area contributed by atoms with Gasteiger partial charge in [-0.15, -0.1) is 5.10 Å². The zero-order valence-corrected chi connectivity index (χ0v) is 10.8. The van der Waals surface area contributed by atoms with E-state index in [0.717, 1.165) is 5.56 Å². The maximum atomic E-state index is 11.8. The van der Waals surface area contributed by atoms with Gasteiger partial charge in [-0.3, -0.25) is 9.78 Å². The first-order valence-electron chi connectivity index (χ1n) is 5.50. The smallest absolute Gasteiger partial charge is 0.295 e. The van der Waals surface area contributed by atoms with Gasteiger partial charge < -0.3 is 5.11 Å². The Hall–Kier alpha value is -2.28. The third-order valence-corrected chi connectivity index (χ3v) is 3.24. The molecule has 19 heavy (non-hydrogen) atoms. The highest BCUT2D eigenvalue weighted by Crippen LogP contribution is 2.20. The van der Waals surface area contributed by atoms with Gasteiger partial charge in [-0.1, -0.05) is 11.8 Å². The fourth-order valence-corrected chi connectivity index (χ4v) is 2.11. The lowest BCUT2D eigenvalue weighted by atomic mass is 10.2. The van der Waals surface area contributed by atoms with Gasteiger partial charge in [0.15, 0.2) is 5.16 Å². The standard InChI is InChI=1S/C12H10N4O2S/c1-19-12-14-11(18)10-13-9(6-16(10)15-12)7-2-4-8(17)5-3-7/h2-6,17H,1H3,(H,14,15,18). The maximum absolute atomic E-state index is 11.8. The van der Waals surface area contributed by atoms with E-state index in [-0.39, 0.29) is 17.0 Å². The van der Waals surface area contributed by atoms with Crippen LogP contribution in [0.1, 0.15) is 0 Å². The van der Waals surface area contributed by atoms with Crippen LogP contribution in [0.2, 0.25) is 0 Å². The van der Waals surface area contributed by atoms with Crippen LogP contribution in [0.4, 0.5) is 0 Å². The van der Waals surface area contributed by atoms with Crippen LogP contribution in [0.25, 0.3) is 16.9 Å². The molecular weight excluding hydrogens is 264 g/mol. The van der Waals surface area contributed by atoms with E-state index in [9.17, 15) is 9.90 Å². The number of H-pyrrole nitrogens is 1. The molecule has 0 saturated carbocycles. The molecule has 2 N–H and O–H groups in total. The average Bonchev–Trinajstić information content (AvgIpc) is 2.84. The molecule has 2 aromatic heterocycles. The summed E-state index contributed by atoms with van der Waals surface area (Å²) in [5, 5.41) is 14.0. The predicted molar refractivity (Wildman–Crippen MR) is 72.5 cm³/mol. The van der Waals surface area contributed by atoms with Crippen LogP contribution in [0.5, 0.6) is 5.75 Å². The number of phenolic OH excluding ortho intramolecular Hbond substituents is 1. The van der Waals surface area contributed by atoms with E-state index in [1.165, 1.54) is 16.3 Å². The zero-order valence-electron chi connectivity index (χ0n) is 9.99. The Balaban J connectivity index is 2.18. The maximum Gasteiger partial charge on any atom is 0.295 e. The Kier molecular flexibility index (Phi) is 2.75. The highest BCUT2D eigenvalue weighted by atomic mass is 32.2. The number of phenols is 1. The van der Waals surface area contributed by atoms with E-state index in [1.807, 2.05) is 6.26 Å². The number of hydrogen-bond acceptors (Lipinski definition) is 5. The van der Waals surface area contributed by atoms with Crippen LogP contribution >= 0.6 is 11.8 Å². The molecule has 7 heteroatoms. The molecule has 0 unspecified atom stereocenters. The summed E-state index contributed by atoms with van der Waals surface area (Å²) in [7, 11) is 0. The number of nitrogens with one attached hydrogen (secondary N) is 1. The van der Waals surface area contributed by atoms with Crippen molar-refractivity contribution in [3.05, 3.63) is 40.8 Å². The van der Waals surface area contributed by atoms with E-state index >= 15 is 0 Å². The number of aromatic nitrogens is 4. The minimum Gasteiger partial charge on any atom is -0.508 e. The highest BCUT2D eigenvalue weighted by Gasteiger charge is 2.09. The second kappa shape index (κ2) is 4.43. The van der Waals surface area contributed by atoms with Crippen molar-refractivity contribution in [3.63, 3.8) is 0 Å². The molecule has 0 amide bonds. The third-order valence-electron chi connectivity index (χ3n) is 2.67. The largest absolute Gasteiger partial charge is 0.508 e. The van der Waals surface area contributed by atoms with Crippen LogP contribution in [-0.4, -0.2) is 30.9 Å². The molecule has 0 bridgehead atoms. The summed E-state index contributed by atoms with van der Waals surface area (Å²) in [6.07, 6.45) is 3.53. The Morgan fingerprint density at radius 1 is 1.32 bits per heavy atom. The summed E-state index contributed by atoms with van der Waals surface area (Å²) in [5.41, 5.74) is 1.43. The Bertz CT molecular complexity index is 792. The van der Waals surface area contributed by atoms with Gasteiger partial charge in [0, 0.05) is 5.56 Å². The van der Waals surface area contributed by atoms with Crippen LogP contribution in [-0.2, 0) is 0 Å². The number of benzene rings is 1. The first-order valence-corrected chi connectivity index (χ1v) is 6.73. The molecule has 0 spiro atoms. The first-order chi connectivity index (χ1) is 9.17. The van der Waals surface area contributed by atoms with Crippen molar-refractivity contribution in [3.8, 4) is 17.0 Å². The Morgan fingerprint density at radius 2 is 2.05 bits per heavy atom. The van der Waals surface area contributed by atoms with E-state index in [2.05, 4.69) is 15.1 Å². The normalized spacial score (nSPS) is 11.0. The molecule has 3 rings (SSSR count). The Labute approximate surface area is 112 Å². The van der Waals surface area contributed by atoms with Crippen LogP contribution < -0.4 is 5.56 Å². The van der Waals surface area contributed by atoms with Gasteiger partial charge in [-0.2, -0.15) is 0 Å². The molecular formula is C12H10N4O2S. The van der Waals surface area contributed by atoms with E-state index in [0.29, 0.717) is 10.9 Å². The number of thioether (sulfide) groups is 1. The molecule has 6 nitrogen and oxygen atoms in total. The van der Waals surface area contributed by atoms with Crippen molar-refractivity contribution in [2.45, 2.75) is 5.16 Å². The molecule has 0 saturated heterocycles. The Morgan fingerprint density at radius 3 is 2.74 bits per heavy atom. The molecule has 0 aliphatic heterocycles. The highest BCUT2D eigenvalue weighted by molar-refractivity contribution is 7.98. The van der Waals surface area contributed by atoms with Crippen molar-refractivity contribution in [1.29, 1.82) is 0 Å². The lowest BCUT2D eigenvalue weighted by molar-refractivity contribution is 0.475. The van der Waals surface area contributed by atoms with E-state index in [4.69, 9.17) is 0 Å². The number of nitrogens with zero attached hydrogens (tertiary/aromatic N) is 3. The second-order valence-corrected chi connectivity index (χ2v) is 4.70. The van der Waals surface area contributed by atoms with Gasteiger partial charge in [0.25, 0.3) is 5.56 Å². The molecule has 1 aromatic carbocycles. The summed E-state index contributed by atoms with van der Waals surface area (Å²) in [6, 6.07) is 6.62. The van der Waals surface area contributed by atoms with Crippen LogP contribution in [0.15, 0.2) is 40.4 Å². The molecule has 0 aliphatic rings. The fourth-order valence-electron chi connectivity index (χ4n) is 1.74.